The van der Waals surface area contributed by atoms with Gasteiger partial charge in [0, 0.05) is 50.3 Å². The van der Waals surface area contributed by atoms with E-state index in [1.807, 2.05) is 0 Å². The zero-order valence-electron chi connectivity index (χ0n) is 14.9. The number of rotatable bonds is 5. The van der Waals surface area contributed by atoms with Crippen molar-refractivity contribution in [3.63, 3.8) is 0 Å². The van der Waals surface area contributed by atoms with E-state index in [0.717, 1.165) is 6.42 Å². The second-order valence-corrected chi connectivity index (χ2v) is 7.15. The van der Waals surface area contributed by atoms with Gasteiger partial charge in [-0.2, -0.15) is 0 Å². The van der Waals surface area contributed by atoms with Crippen LogP contribution in [0.2, 0.25) is 0 Å². The van der Waals surface area contributed by atoms with Gasteiger partial charge in [0.1, 0.15) is 0 Å². The first-order valence-corrected chi connectivity index (χ1v) is 8.75. The van der Waals surface area contributed by atoms with Crippen LogP contribution in [0.4, 0.5) is 0 Å². The molecule has 3 rings (SSSR count). The Labute approximate surface area is 147 Å². The lowest BCUT2D eigenvalue weighted by Crippen LogP contribution is -2.69. The maximum atomic E-state index is 13.3. The summed E-state index contributed by atoms with van der Waals surface area (Å²) in [6.07, 6.45) is 3.19. The smallest absolute Gasteiger partial charge is 0.319 e. The van der Waals surface area contributed by atoms with Gasteiger partial charge in [-0.15, -0.1) is 0 Å². The number of allylic oxidation sites excluding steroid dienone is 2. The third-order valence-electron chi connectivity index (χ3n) is 6.30. The number of carbonyl (C=O) groups is 3. The highest BCUT2D eigenvalue weighted by molar-refractivity contribution is 6.05. The number of carboxylic acids is 1. The number of piperidine rings is 1. The Bertz CT molecular complexity index is 639. The van der Waals surface area contributed by atoms with Crippen molar-refractivity contribution >= 4 is 17.7 Å². The van der Waals surface area contributed by atoms with Crippen LogP contribution in [0, 0.1) is 16.7 Å². The van der Waals surface area contributed by atoms with Crippen molar-refractivity contribution < 1.29 is 29.0 Å². The molecule has 0 unspecified atom stereocenters. The highest BCUT2D eigenvalue weighted by atomic mass is 16.7. The Hall–Kier alpha value is -1.73. The van der Waals surface area contributed by atoms with Crippen molar-refractivity contribution in [2.75, 3.05) is 20.8 Å². The molecule has 0 aromatic heterocycles. The molecule has 3 aliphatic rings. The fraction of sp³-hybridized carbons (Fsp3) is 0.722. The number of methoxy groups -OCH3 is 2. The van der Waals surface area contributed by atoms with Crippen LogP contribution in [0.25, 0.3) is 0 Å². The third-order valence-corrected chi connectivity index (χ3v) is 6.30. The van der Waals surface area contributed by atoms with Crippen LogP contribution in [0.1, 0.15) is 39.0 Å². The average molecular weight is 351 g/mol. The normalized spacial score (nSPS) is 34.8. The highest BCUT2D eigenvalue weighted by Gasteiger charge is 2.71. The summed E-state index contributed by atoms with van der Waals surface area (Å²) in [5.74, 6) is -2.26. The number of aliphatic carboxylic acids is 1. The molecule has 25 heavy (non-hydrogen) atoms. The van der Waals surface area contributed by atoms with Crippen LogP contribution in [0.5, 0.6) is 0 Å². The predicted octanol–water partition coefficient (Wildman–Crippen LogP) is 1.57. The minimum atomic E-state index is -1.58. The number of likely N-dealkylation sites (tertiary alicyclic amines) is 1. The zero-order chi connectivity index (χ0) is 18.4. The summed E-state index contributed by atoms with van der Waals surface area (Å²) >= 11 is 0. The Kier molecular flexibility index (Phi) is 4.49. The van der Waals surface area contributed by atoms with Crippen LogP contribution in [-0.2, 0) is 23.9 Å². The third kappa shape index (κ3) is 2.22. The van der Waals surface area contributed by atoms with Crippen LogP contribution in [0.3, 0.4) is 0 Å². The number of ketones is 1. The van der Waals surface area contributed by atoms with Gasteiger partial charge in [0.05, 0.1) is 0 Å². The molecule has 1 heterocycles. The molecule has 0 radical (unpaired) electrons. The fourth-order valence-electron chi connectivity index (χ4n) is 5.32. The van der Waals surface area contributed by atoms with E-state index in [4.69, 9.17) is 9.47 Å². The molecule has 1 aliphatic heterocycles. The minimum Gasteiger partial charge on any atom is -0.480 e. The monoisotopic (exact) mass is 351 g/mol. The first kappa shape index (κ1) is 18.1. The molecular weight excluding hydrogens is 326 g/mol. The SMILES string of the molecule is CCN1C(=O)[C@]2(C(=O)O)CCC[C@@]3(CCC(=O)C=C13)[C@@H]2C(OC)OC. The molecule has 2 aliphatic carbocycles. The van der Waals surface area contributed by atoms with E-state index in [2.05, 4.69) is 0 Å². The maximum absolute atomic E-state index is 13.3. The molecule has 2 bridgehead atoms. The number of hydrogen-bond acceptors (Lipinski definition) is 5. The van der Waals surface area contributed by atoms with Gasteiger partial charge in [0.25, 0.3) is 0 Å². The van der Waals surface area contributed by atoms with E-state index >= 15 is 0 Å². The van der Waals surface area contributed by atoms with Gasteiger partial charge < -0.3 is 19.5 Å². The number of hydrogen-bond donors (Lipinski definition) is 1. The number of fused-ring (bicyclic) bond motifs is 1. The molecule has 0 aromatic carbocycles. The van der Waals surface area contributed by atoms with Gasteiger partial charge in [-0.05, 0) is 26.2 Å². The number of nitrogens with zero attached hydrogens (tertiary/aromatic N) is 1. The van der Waals surface area contributed by atoms with Gasteiger partial charge in [-0.25, -0.2) is 0 Å². The minimum absolute atomic E-state index is 0.0228. The van der Waals surface area contributed by atoms with Gasteiger partial charge in [0.15, 0.2) is 17.5 Å². The quantitative estimate of drug-likeness (QED) is 0.597. The van der Waals surface area contributed by atoms with Gasteiger partial charge in [-0.3, -0.25) is 14.4 Å². The standard InChI is InChI=1S/C18H25NO6/c1-4-19-12-10-11(20)6-9-17(12)7-5-8-18(15(19)21,16(22)23)13(17)14(24-2)25-3/h10,13-14H,4-9H2,1-3H3,(H,22,23)/t13-,17-,18-/m0/s1. The second-order valence-electron chi connectivity index (χ2n) is 7.15. The fourth-order valence-corrected chi connectivity index (χ4v) is 5.32. The summed E-state index contributed by atoms with van der Waals surface area (Å²) in [5.41, 5.74) is -1.52. The molecular formula is C18H25NO6. The van der Waals surface area contributed by atoms with Crippen molar-refractivity contribution in [1.29, 1.82) is 0 Å². The molecule has 1 saturated heterocycles. The Morgan fingerprint density at radius 1 is 1.32 bits per heavy atom. The predicted molar refractivity (Wildman–Crippen MR) is 87.4 cm³/mol. The summed E-state index contributed by atoms with van der Waals surface area (Å²) in [6.45, 7) is 2.15. The van der Waals surface area contributed by atoms with Crippen molar-refractivity contribution in [2.24, 2.45) is 16.7 Å². The lowest BCUT2D eigenvalue weighted by molar-refractivity contribution is -0.233. The lowest BCUT2D eigenvalue weighted by Gasteiger charge is -2.61. The molecule has 0 aromatic rings. The number of ether oxygens (including phenoxy) is 2. The average Bonchev–Trinajstić information content (AvgIpc) is 2.59. The number of amides is 1. The Morgan fingerprint density at radius 3 is 2.56 bits per heavy atom. The number of carboxylic acid groups (broad SMARTS) is 1. The van der Waals surface area contributed by atoms with Crippen molar-refractivity contribution in [2.45, 2.75) is 45.3 Å². The van der Waals surface area contributed by atoms with E-state index in [9.17, 15) is 19.5 Å². The summed E-state index contributed by atoms with van der Waals surface area (Å²) in [7, 11) is 2.92. The second kappa shape index (κ2) is 6.21. The topological polar surface area (TPSA) is 93.1 Å². The zero-order valence-corrected chi connectivity index (χ0v) is 14.9. The van der Waals surface area contributed by atoms with Gasteiger partial charge in [-0.1, -0.05) is 6.42 Å². The van der Waals surface area contributed by atoms with Gasteiger partial charge in [0.2, 0.25) is 5.91 Å². The molecule has 1 spiro atoms. The van der Waals surface area contributed by atoms with E-state index in [1.165, 1.54) is 25.2 Å². The van der Waals surface area contributed by atoms with E-state index < -0.39 is 34.9 Å². The van der Waals surface area contributed by atoms with Crippen molar-refractivity contribution in [3.8, 4) is 0 Å². The van der Waals surface area contributed by atoms with E-state index in [1.54, 1.807) is 6.92 Å². The van der Waals surface area contributed by atoms with E-state index in [-0.39, 0.29) is 12.2 Å². The first-order chi connectivity index (χ1) is 11.9. The van der Waals surface area contributed by atoms with Crippen LogP contribution < -0.4 is 0 Å². The Morgan fingerprint density at radius 2 is 2.00 bits per heavy atom. The first-order valence-electron chi connectivity index (χ1n) is 8.75. The molecule has 1 saturated carbocycles. The number of carbonyl (C=O) groups excluding carboxylic acids is 2. The summed E-state index contributed by atoms with van der Waals surface area (Å²) in [4.78, 5) is 39.3. The summed E-state index contributed by atoms with van der Waals surface area (Å²) in [5, 5.41) is 10.1. The van der Waals surface area contributed by atoms with Crippen LogP contribution in [-0.4, -0.2) is 54.7 Å². The molecule has 1 N–H and O–H groups in total. The van der Waals surface area contributed by atoms with Crippen LogP contribution >= 0.6 is 0 Å². The van der Waals surface area contributed by atoms with Gasteiger partial charge >= 0.3 is 5.97 Å². The summed E-state index contributed by atoms with van der Waals surface area (Å²) in [6, 6.07) is 0. The van der Waals surface area contributed by atoms with Crippen molar-refractivity contribution in [3.05, 3.63) is 11.8 Å². The molecule has 2 fully saturated rings. The molecule has 3 atom stereocenters. The molecule has 1 amide bonds. The Balaban J connectivity index is 2.30. The lowest BCUT2D eigenvalue weighted by atomic mass is 9.47. The van der Waals surface area contributed by atoms with Crippen molar-refractivity contribution in [1.82, 2.24) is 4.90 Å². The highest BCUT2D eigenvalue weighted by Crippen LogP contribution is 2.64. The molecule has 7 heteroatoms. The van der Waals surface area contributed by atoms with E-state index in [0.29, 0.717) is 31.5 Å². The molecule has 138 valence electrons. The largest absolute Gasteiger partial charge is 0.480 e. The maximum Gasteiger partial charge on any atom is 0.319 e. The van der Waals surface area contributed by atoms with Crippen LogP contribution in [0.15, 0.2) is 11.8 Å². The molecule has 7 nitrogen and oxygen atoms in total. The summed E-state index contributed by atoms with van der Waals surface area (Å²) < 4.78 is 10.9.